The van der Waals surface area contributed by atoms with Gasteiger partial charge in [0.15, 0.2) is 0 Å². The monoisotopic (exact) mass is 289 g/mol. The predicted molar refractivity (Wildman–Crippen MR) is 80.8 cm³/mol. The summed E-state index contributed by atoms with van der Waals surface area (Å²) >= 11 is 0. The van der Waals surface area contributed by atoms with Crippen molar-refractivity contribution >= 4 is 6.09 Å². The summed E-state index contributed by atoms with van der Waals surface area (Å²) in [5, 5.41) is 0. The lowest BCUT2D eigenvalue weighted by molar-refractivity contribution is 0.123. The number of carbonyl (C=O) groups excluding carboxylic acids is 1. The van der Waals surface area contributed by atoms with E-state index in [1.54, 1.807) is 17.6 Å². The Morgan fingerprint density at radius 1 is 1.29 bits per heavy atom. The zero-order valence-corrected chi connectivity index (χ0v) is 12.9. The standard InChI is InChI=1S/C17H23NO3/c1-3-21-17(19)18-10-8-12-4-5-13-6-7-15(20-2)16(13)14(12)9-11-18/h9,11,15H,3-8,10H2,1-2H3. The SMILES string of the molecule is CCOC(=O)N1C=CC2=C(CCC3=C2C(OC)CC3)CC1. The molecule has 4 heteroatoms. The largest absolute Gasteiger partial charge is 0.449 e. The Labute approximate surface area is 126 Å². The summed E-state index contributed by atoms with van der Waals surface area (Å²) in [6.45, 7) is 2.95. The highest BCUT2D eigenvalue weighted by Gasteiger charge is 2.32. The third-order valence-electron chi connectivity index (χ3n) is 4.67. The second-order valence-corrected chi connectivity index (χ2v) is 5.76. The molecule has 2 aliphatic carbocycles. The van der Waals surface area contributed by atoms with Crippen LogP contribution in [0.25, 0.3) is 0 Å². The van der Waals surface area contributed by atoms with Crippen molar-refractivity contribution < 1.29 is 14.3 Å². The Morgan fingerprint density at radius 2 is 2.10 bits per heavy atom. The lowest BCUT2D eigenvalue weighted by Gasteiger charge is -2.23. The van der Waals surface area contributed by atoms with Crippen LogP contribution in [0.2, 0.25) is 0 Å². The van der Waals surface area contributed by atoms with Crippen LogP contribution in [0.1, 0.15) is 39.0 Å². The molecule has 0 N–H and O–H groups in total. The lowest BCUT2D eigenvalue weighted by atomic mass is 9.85. The molecule has 0 aromatic carbocycles. The van der Waals surface area contributed by atoms with Gasteiger partial charge in [-0.15, -0.1) is 0 Å². The molecule has 0 radical (unpaired) electrons. The van der Waals surface area contributed by atoms with Crippen LogP contribution < -0.4 is 0 Å². The van der Waals surface area contributed by atoms with Gasteiger partial charge in [0, 0.05) is 19.9 Å². The van der Waals surface area contributed by atoms with Crippen LogP contribution in [-0.2, 0) is 9.47 Å². The van der Waals surface area contributed by atoms with Crippen molar-refractivity contribution in [1.82, 2.24) is 4.90 Å². The van der Waals surface area contributed by atoms with Crippen LogP contribution >= 0.6 is 0 Å². The lowest BCUT2D eigenvalue weighted by Crippen LogP contribution is -2.27. The van der Waals surface area contributed by atoms with Gasteiger partial charge in [-0.05, 0) is 56.3 Å². The molecule has 0 aromatic rings. The van der Waals surface area contributed by atoms with Gasteiger partial charge in [-0.1, -0.05) is 11.1 Å². The minimum atomic E-state index is -0.252. The van der Waals surface area contributed by atoms with Gasteiger partial charge in [0.2, 0.25) is 0 Å². The molecule has 3 rings (SSSR count). The quantitative estimate of drug-likeness (QED) is 0.780. The first kappa shape index (κ1) is 14.4. The third kappa shape index (κ3) is 2.64. The molecule has 0 aromatic heterocycles. The summed E-state index contributed by atoms with van der Waals surface area (Å²) in [5.74, 6) is 0. The van der Waals surface area contributed by atoms with Crippen LogP contribution in [0.4, 0.5) is 4.79 Å². The zero-order valence-electron chi connectivity index (χ0n) is 12.9. The van der Waals surface area contributed by atoms with Crippen molar-refractivity contribution in [3.8, 4) is 0 Å². The number of nitrogens with zero attached hydrogens (tertiary/aromatic N) is 1. The van der Waals surface area contributed by atoms with Crippen molar-refractivity contribution in [2.24, 2.45) is 0 Å². The fourth-order valence-corrected chi connectivity index (χ4v) is 3.62. The van der Waals surface area contributed by atoms with Crippen molar-refractivity contribution in [3.05, 3.63) is 34.6 Å². The first-order chi connectivity index (χ1) is 10.2. The molecule has 0 saturated carbocycles. The molecule has 4 nitrogen and oxygen atoms in total. The van der Waals surface area contributed by atoms with Crippen LogP contribution in [0.3, 0.4) is 0 Å². The number of amides is 1. The Morgan fingerprint density at radius 3 is 2.86 bits per heavy atom. The van der Waals surface area contributed by atoms with Crippen molar-refractivity contribution in [3.63, 3.8) is 0 Å². The van der Waals surface area contributed by atoms with E-state index in [1.165, 1.54) is 16.7 Å². The Balaban J connectivity index is 1.85. The highest BCUT2D eigenvalue weighted by molar-refractivity contribution is 5.69. The maximum absolute atomic E-state index is 11.9. The van der Waals surface area contributed by atoms with Crippen LogP contribution in [-0.4, -0.2) is 37.4 Å². The summed E-state index contributed by atoms with van der Waals surface area (Å²) in [6.07, 6.45) is 9.38. The molecule has 114 valence electrons. The summed E-state index contributed by atoms with van der Waals surface area (Å²) < 4.78 is 10.8. The fourth-order valence-electron chi connectivity index (χ4n) is 3.62. The summed E-state index contributed by atoms with van der Waals surface area (Å²) in [5.41, 5.74) is 5.71. The Hall–Kier alpha value is -1.55. The number of fused-ring (bicyclic) bond motifs is 1. The van der Waals surface area contributed by atoms with Gasteiger partial charge in [-0.3, -0.25) is 4.90 Å². The van der Waals surface area contributed by atoms with E-state index in [1.807, 2.05) is 13.1 Å². The normalized spacial score (nSPS) is 24.9. The van der Waals surface area contributed by atoms with E-state index in [9.17, 15) is 4.79 Å². The van der Waals surface area contributed by atoms with Crippen molar-refractivity contribution in [2.45, 2.75) is 45.1 Å². The van der Waals surface area contributed by atoms with Crippen molar-refractivity contribution in [2.75, 3.05) is 20.3 Å². The molecule has 1 atom stereocenters. The first-order valence-electron chi connectivity index (χ1n) is 7.83. The minimum absolute atomic E-state index is 0.226. The van der Waals surface area contributed by atoms with E-state index in [0.717, 1.165) is 32.1 Å². The smallest absolute Gasteiger partial charge is 0.413 e. The molecular formula is C17H23NO3. The van der Waals surface area contributed by atoms with E-state index >= 15 is 0 Å². The van der Waals surface area contributed by atoms with E-state index in [4.69, 9.17) is 9.47 Å². The fraction of sp³-hybridized carbons (Fsp3) is 0.588. The molecule has 1 heterocycles. The molecule has 0 spiro atoms. The summed E-state index contributed by atoms with van der Waals surface area (Å²) in [7, 11) is 1.79. The van der Waals surface area contributed by atoms with Gasteiger partial charge in [0.05, 0.1) is 12.7 Å². The highest BCUT2D eigenvalue weighted by Crippen LogP contribution is 2.43. The number of ether oxygens (including phenoxy) is 2. The zero-order chi connectivity index (χ0) is 14.8. The van der Waals surface area contributed by atoms with E-state index in [2.05, 4.69) is 6.08 Å². The maximum Gasteiger partial charge on any atom is 0.413 e. The average molecular weight is 289 g/mol. The second kappa shape index (κ2) is 6.06. The second-order valence-electron chi connectivity index (χ2n) is 5.76. The average Bonchev–Trinajstić information content (AvgIpc) is 2.79. The van der Waals surface area contributed by atoms with Gasteiger partial charge in [0.1, 0.15) is 0 Å². The van der Waals surface area contributed by atoms with Gasteiger partial charge in [0.25, 0.3) is 0 Å². The minimum Gasteiger partial charge on any atom is -0.449 e. The Bertz CT molecular complexity index is 530. The van der Waals surface area contributed by atoms with Gasteiger partial charge >= 0.3 is 6.09 Å². The molecule has 0 fully saturated rings. The third-order valence-corrected chi connectivity index (χ3v) is 4.67. The number of rotatable bonds is 2. The molecule has 0 saturated heterocycles. The van der Waals surface area contributed by atoms with E-state index in [-0.39, 0.29) is 12.2 Å². The first-order valence-corrected chi connectivity index (χ1v) is 7.83. The van der Waals surface area contributed by atoms with Crippen LogP contribution in [0.5, 0.6) is 0 Å². The van der Waals surface area contributed by atoms with Crippen molar-refractivity contribution in [1.29, 1.82) is 0 Å². The number of hydrogen-bond acceptors (Lipinski definition) is 3. The number of allylic oxidation sites excluding steroid dienone is 2. The van der Waals surface area contributed by atoms with E-state index in [0.29, 0.717) is 13.2 Å². The summed E-state index contributed by atoms with van der Waals surface area (Å²) in [4.78, 5) is 13.6. The van der Waals surface area contributed by atoms with E-state index < -0.39 is 0 Å². The molecular weight excluding hydrogens is 266 g/mol. The highest BCUT2D eigenvalue weighted by atomic mass is 16.6. The maximum atomic E-state index is 11.9. The summed E-state index contributed by atoms with van der Waals surface area (Å²) in [6, 6.07) is 0. The molecule has 3 aliphatic rings. The van der Waals surface area contributed by atoms with Gasteiger partial charge in [-0.2, -0.15) is 0 Å². The predicted octanol–water partition coefficient (Wildman–Crippen LogP) is 3.56. The topological polar surface area (TPSA) is 38.8 Å². The molecule has 0 bridgehead atoms. The molecule has 1 aliphatic heterocycles. The molecule has 21 heavy (non-hydrogen) atoms. The van der Waals surface area contributed by atoms with Gasteiger partial charge < -0.3 is 9.47 Å². The number of methoxy groups -OCH3 is 1. The Kier molecular flexibility index (Phi) is 4.15. The number of carbonyl (C=O) groups is 1. The molecule has 1 unspecified atom stereocenters. The number of hydrogen-bond donors (Lipinski definition) is 0. The molecule has 1 amide bonds. The van der Waals surface area contributed by atoms with Gasteiger partial charge in [-0.25, -0.2) is 4.79 Å². The van der Waals surface area contributed by atoms with Crippen LogP contribution in [0, 0.1) is 0 Å². The van der Waals surface area contributed by atoms with Crippen LogP contribution in [0.15, 0.2) is 34.6 Å².